The second-order valence-corrected chi connectivity index (χ2v) is 5.90. The monoisotopic (exact) mass is 231 g/mol. The van der Waals surface area contributed by atoms with E-state index in [2.05, 4.69) is 18.7 Å². The summed E-state index contributed by atoms with van der Waals surface area (Å²) >= 11 is 2.06. The molecule has 15 heavy (non-hydrogen) atoms. The molecule has 2 fully saturated rings. The number of nitrogens with two attached hydrogens (primary N) is 1. The third kappa shape index (κ3) is 3.09. The molecule has 0 spiro atoms. The van der Waals surface area contributed by atoms with Gasteiger partial charge < -0.3 is 15.2 Å². The van der Waals surface area contributed by atoms with E-state index in [9.17, 15) is 0 Å². The smallest absolute Gasteiger partial charge is 0.166 e. The van der Waals surface area contributed by atoms with E-state index in [-0.39, 0.29) is 11.9 Å². The third-order valence-electron chi connectivity index (χ3n) is 3.25. The fourth-order valence-electron chi connectivity index (χ4n) is 2.39. The van der Waals surface area contributed by atoms with Crippen LogP contribution in [0.3, 0.4) is 0 Å². The van der Waals surface area contributed by atoms with E-state index in [4.69, 9.17) is 15.2 Å². The van der Waals surface area contributed by atoms with E-state index in [0.29, 0.717) is 13.2 Å². The maximum Gasteiger partial charge on any atom is 0.166 e. The van der Waals surface area contributed by atoms with Crippen molar-refractivity contribution in [2.75, 3.05) is 24.7 Å². The van der Waals surface area contributed by atoms with Gasteiger partial charge >= 0.3 is 0 Å². The highest BCUT2D eigenvalue weighted by molar-refractivity contribution is 7.99. The van der Waals surface area contributed by atoms with Crippen LogP contribution in [0.25, 0.3) is 0 Å². The van der Waals surface area contributed by atoms with Gasteiger partial charge in [-0.25, -0.2) is 0 Å². The first kappa shape index (κ1) is 11.7. The molecule has 0 aromatic carbocycles. The summed E-state index contributed by atoms with van der Waals surface area (Å²) < 4.78 is 11.6. The van der Waals surface area contributed by atoms with Crippen LogP contribution in [0.2, 0.25) is 0 Å². The zero-order valence-corrected chi connectivity index (χ0v) is 10.2. The summed E-state index contributed by atoms with van der Waals surface area (Å²) in [5.41, 5.74) is 5.58. The molecule has 4 heteroatoms. The minimum atomic E-state index is -0.364. The third-order valence-corrected chi connectivity index (χ3v) is 4.30. The van der Waals surface area contributed by atoms with Gasteiger partial charge in [-0.2, -0.15) is 11.8 Å². The molecule has 3 nitrogen and oxygen atoms in total. The van der Waals surface area contributed by atoms with Crippen molar-refractivity contribution in [2.24, 2.45) is 11.7 Å². The van der Waals surface area contributed by atoms with Crippen LogP contribution >= 0.6 is 11.8 Å². The van der Waals surface area contributed by atoms with Gasteiger partial charge in [-0.05, 0) is 37.2 Å². The molecule has 2 saturated heterocycles. The molecule has 0 bridgehead atoms. The number of hydrogen-bond donors (Lipinski definition) is 1. The molecule has 0 aromatic heterocycles. The quantitative estimate of drug-likeness (QED) is 0.801. The molecule has 0 radical (unpaired) electrons. The van der Waals surface area contributed by atoms with Crippen LogP contribution in [0.1, 0.15) is 26.2 Å². The molecule has 2 rings (SSSR count). The lowest BCUT2D eigenvalue weighted by Crippen LogP contribution is -2.32. The van der Waals surface area contributed by atoms with Crippen molar-refractivity contribution in [2.45, 2.75) is 38.1 Å². The SMILES string of the molecule is CC1(CC2CCSCC2)OCC(CN)O1. The summed E-state index contributed by atoms with van der Waals surface area (Å²) in [6.07, 6.45) is 3.75. The maximum absolute atomic E-state index is 5.85. The molecule has 0 aliphatic carbocycles. The molecular weight excluding hydrogens is 210 g/mol. The van der Waals surface area contributed by atoms with E-state index in [1.165, 1.54) is 24.3 Å². The Morgan fingerprint density at radius 1 is 1.40 bits per heavy atom. The first-order valence-corrected chi connectivity index (χ1v) is 6.97. The Bertz CT molecular complexity index is 209. The number of hydrogen-bond acceptors (Lipinski definition) is 4. The van der Waals surface area contributed by atoms with Crippen molar-refractivity contribution in [3.05, 3.63) is 0 Å². The number of thioether (sulfide) groups is 1. The zero-order chi connectivity index (χ0) is 10.7. The molecule has 0 saturated carbocycles. The summed E-state index contributed by atoms with van der Waals surface area (Å²) in [6, 6.07) is 0. The van der Waals surface area contributed by atoms with E-state index < -0.39 is 0 Å². The number of ether oxygens (including phenoxy) is 2. The predicted molar refractivity (Wildman–Crippen MR) is 63.0 cm³/mol. The normalized spacial score (nSPS) is 38.4. The Morgan fingerprint density at radius 2 is 2.13 bits per heavy atom. The molecule has 2 N–H and O–H groups in total. The number of rotatable bonds is 3. The second kappa shape index (κ2) is 5.04. The van der Waals surface area contributed by atoms with Gasteiger partial charge in [0.25, 0.3) is 0 Å². The topological polar surface area (TPSA) is 44.5 Å². The van der Waals surface area contributed by atoms with Crippen LogP contribution in [-0.4, -0.2) is 36.5 Å². The van der Waals surface area contributed by atoms with Gasteiger partial charge in [-0.15, -0.1) is 0 Å². The van der Waals surface area contributed by atoms with Gasteiger partial charge in [-0.1, -0.05) is 0 Å². The van der Waals surface area contributed by atoms with Gasteiger partial charge in [0.2, 0.25) is 0 Å². The van der Waals surface area contributed by atoms with Crippen molar-refractivity contribution < 1.29 is 9.47 Å². The molecule has 2 aliphatic heterocycles. The van der Waals surface area contributed by atoms with Crippen molar-refractivity contribution in [1.29, 1.82) is 0 Å². The largest absolute Gasteiger partial charge is 0.347 e. The van der Waals surface area contributed by atoms with E-state index in [1.54, 1.807) is 0 Å². The Hall–Kier alpha value is 0.230. The highest BCUT2D eigenvalue weighted by atomic mass is 32.2. The molecule has 2 aliphatic rings. The molecule has 2 heterocycles. The predicted octanol–water partition coefficient (Wildman–Crippen LogP) is 1.61. The molecule has 88 valence electrons. The first-order chi connectivity index (χ1) is 7.22. The first-order valence-electron chi connectivity index (χ1n) is 5.81. The van der Waals surface area contributed by atoms with Crippen molar-refractivity contribution in [3.63, 3.8) is 0 Å². The minimum absolute atomic E-state index is 0.105. The van der Waals surface area contributed by atoms with Gasteiger partial charge in [0.1, 0.15) is 0 Å². The summed E-state index contributed by atoms with van der Waals surface area (Å²) in [5, 5.41) is 0. The summed E-state index contributed by atoms with van der Waals surface area (Å²) in [5.74, 6) is 2.99. The fraction of sp³-hybridized carbons (Fsp3) is 1.00. The van der Waals surface area contributed by atoms with Crippen molar-refractivity contribution in [1.82, 2.24) is 0 Å². The molecular formula is C11H21NO2S. The highest BCUT2D eigenvalue weighted by Gasteiger charge is 2.38. The van der Waals surface area contributed by atoms with Crippen LogP contribution in [0.4, 0.5) is 0 Å². The van der Waals surface area contributed by atoms with Crippen LogP contribution in [-0.2, 0) is 9.47 Å². The summed E-state index contributed by atoms with van der Waals surface area (Å²) in [4.78, 5) is 0. The van der Waals surface area contributed by atoms with Crippen LogP contribution in [0.5, 0.6) is 0 Å². The maximum atomic E-state index is 5.85. The van der Waals surface area contributed by atoms with Crippen LogP contribution < -0.4 is 5.73 Å². The van der Waals surface area contributed by atoms with E-state index in [0.717, 1.165) is 12.3 Å². The highest BCUT2D eigenvalue weighted by Crippen LogP contribution is 2.35. The zero-order valence-electron chi connectivity index (χ0n) is 9.41. The average molecular weight is 231 g/mol. The average Bonchev–Trinajstić information content (AvgIpc) is 2.61. The lowest BCUT2D eigenvalue weighted by molar-refractivity contribution is -0.165. The van der Waals surface area contributed by atoms with Crippen LogP contribution in [0, 0.1) is 5.92 Å². The summed E-state index contributed by atoms with van der Waals surface area (Å²) in [7, 11) is 0. The van der Waals surface area contributed by atoms with Gasteiger partial charge in [0.05, 0.1) is 12.7 Å². The Morgan fingerprint density at radius 3 is 2.73 bits per heavy atom. The van der Waals surface area contributed by atoms with Gasteiger partial charge in [0.15, 0.2) is 5.79 Å². The Kier molecular flexibility index (Phi) is 3.93. The Labute approximate surface area is 96.1 Å². The minimum Gasteiger partial charge on any atom is -0.347 e. The van der Waals surface area contributed by atoms with Gasteiger partial charge in [0, 0.05) is 13.0 Å². The molecule has 2 unspecified atom stereocenters. The standard InChI is InChI=1S/C11H21NO2S/c1-11(13-8-10(7-12)14-11)6-9-2-4-15-5-3-9/h9-10H,2-8,12H2,1H3. The van der Waals surface area contributed by atoms with Crippen molar-refractivity contribution in [3.8, 4) is 0 Å². The lowest BCUT2D eigenvalue weighted by atomic mass is 9.94. The van der Waals surface area contributed by atoms with E-state index in [1.807, 2.05) is 0 Å². The summed E-state index contributed by atoms with van der Waals surface area (Å²) in [6.45, 7) is 3.29. The fourth-order valence-corrected chi connectivity index (χ4v) is 3.59. The van der Waals surface area contributed by atoms with E-state index >= 15 is 0 Å². The Balaban J connectivity index is 1.82. The molecule has 0 aromatic rings. The molecule has 0 amide bonds. The molecule has 2 atom stereocenters. The lowest BCUT2D eigenvalue weighted by Gasteiger charge is -2.30. The van der Waals surface area contributed by atoms with Crippen LogP contribution in [0.15, 0.2) is 0 Å². The van der Waals surface area contributed by atoms with Gasteiger partial charge in [-0.3, -0.25) is 0 Å². The van der Waals surface area contributed by atoms with Crippen molar-refractivity contribution >= 4 is 11.8 Å². The second-order valence-electron chi connectivity index (χ2n) is 4.68.